The minimum Gasteiger partial charge on any atom is -0.477 e. The molecule has 0 radical (unpaired) electrons. The molecule has 0 bridgehead atoms. The lowest BCUT2D eigenvalue weighted by molar-refractivity contribution is 0.0703. The number of hydrogen-bond donors (Lipinski definition) is 2. The van der Waals surface area contributed by atoms with E-state index >= 15 is 0 Å². The van der Waals surface area contributed by atoms with Crippen LogP contribution < -0.4 is 5.32 Å². The first-order valence-electron chi connectivity index (χ1n) is 6.31. The Morgan fingerprint density at radius 1 is 1.18 bits per heavy atom. The monoisotopic (exact) mass is 331 g/mol. The molecule has 1 aromatic carbocycles. The average Bonchev–Trinajstić information content (AvgIpc) is 2.95. The zero-order valence-electron chi connectivity index (χ0n) is 11.2. The Morgan fingerprint density at radius 2 is 1.91 bits per heavy atom. The number of pyridine rings is 1. The van der Waals surface area contributed by atoms with Crippen LogP contribution in [0.1, 0.15) is 9.67 Å². The molecule has 22 heavy (non-hydrogen) atoms. The fourth-order valence-corrected chi connectivity index (χ4v) is 2.91. The van der Waals surface area contributed by atoms with Crippen molar-refractivity contribution in [1.29, 1.82) is 0 Å². The molecule has 3 rings (SSSR count). The highest BCUT2D eigenvalue weighted by Crippen LogP contribution is 2.34. The lowest BCUT2D eigenvalue weighted by atomic mass is 10.3. The standard InChI is InChI=1S/C15H10ClN3O2S/c16-10-3-1-2-4-11(10)18-13-12(15(20)21)22-14(19-13)9-5-7-17-8-6-9/h1-8,18H,(H,20,21). The second-order valence-electron chi connectivity index (χ2n) is 4.34. The van der Waals surface area contributed by atoms with Crippen molar-refractivity contribution in [2.45, 2.75) is 0 Å². The number of thiazole rings is 1. The van der Waals surface area contributed by atoms with Gasteiger partial charge in [0.2, 0.25) is 0 Å². The maximum absolute atomic E-state index is 11.4. The van der Waals surface area contributed by atoms with Crippen molar-refractivity contribution in [3.05, 3.63) is 58.7 Å². The zero-order chi connectivity index (χ0) is 15.5. The van der Waals surface area contributed by atoms with E-state index in [1.807, 2.05) is 6.07 Å². The van der Waals surface area contributed by atoms with Gasteiger partial charge in [-0.1, -0.05) is 23.7 Å². The van der Waals surface area contributed by atoms with Gasteiger partial charge in [0.1, 0.15) is 5.01 Å². The Bertz CT molecular complexity index is 821. The van der Waals surface area contributed by atoms with Crippen LogP contribution in [-0.4, -0.2) is 21.0 Å². The van der Waals surface area contributed by atoms with Gasteiger partial charge in [-0.25, -0.2) is 9.78 Å². The van der Waals surface area contributed by atoms with Gasteiger partial charge < -0.3 is 10.4 Å². The maximum atomic E-state index is 11.4. The van der Waals surface area contributed by atoms with Gasteiger partial charge in [0.25, 0.3) is 0 Å². The molecule has 0 unspecified atom stereocenters. The van der Waals surface area contributed by atoms with Crippen molar-refractivity contribution in [3.63, 3.8) is 0 Å². The van der Waals surface area contributed by atoms with Crippen LogP contribution >= 0.6 is 22.9 Å². The topological polar surface area (TPSA) is 75.1 Å². The van der Waals surface area contributed by atoms with Crippen LogP contribution in [0.15, 0.2) is 48.8 Å². The van der Waals surface area contributed by atoms with Crippen LogP contribution in [0.25, 0.3) is 10.6 Å². The highest BCUT2D eigenvalue weighted by molar-refractivity contribution is 7.17. The van der Waals surface area contributed by atoms with Crippen molar-refractivity contribution in [3.8, 4) is 10.6 Å². The van der Waals surface area contributed by atoms with Gasteiger partial charge in [-0.05, 0) is 24.3 Å². The summed E-state index contributed by atoms with van der Waals surface area (Å²) in [5.74, 6) is -0.759. The Hall–Kier alpha value is -2.44. The SMILES string of the molecule is O=C(O)c1sc(-c2ccncc2)nc1Nc1ccccc1Cl. The molecule has 0 amide bonds. The van der Waals surface area contributed by atoms with Crippen LogP contribution in [0.4, 0.5) is 11.5 Å². The number of hydrogen-bond acceptors (Lipinski definition) is 5. The number of carboxylic acid groups (broad SMARTS) is 1. The predicted octanol–water partition coefficient (Wildman–Crippen LogP) is 4.30. The molecule has 7 heteroatoms. The van der Waals surface area contributed by atoms with E-state index in [0.29, 0.717) is 15.7 Å². The Morgan fingerprint density at radius 3 is 2.59 bits per heavy atom. The Balaban J connectivity index is 2.02. The summed E-state index contributed by atoms with van der Waals surface area (Å²) < 4.78 is 0. The van der Waals surface area contributed by atoms with Gasteiger partial charge in [0.05, 0.1) is 10.7 Å². The number of aromatic nitrogens is 2. The van der Waals surface area contributed by atoms with E-state index in [-0.39, 0.29) is 10.7 Å². The number of para-hydroxylation sites is 1. The first-order valence-corrected chi connectivity index (χ1v) is 7.50. The minimum atomic E-state index is -1.03. The third-order valence-corrected chi connectivity index (χ3v) is 4.30. The average molecular weight is 332 g/mol. The number of nitrogens with one attached hydrogen (secondary N) is 1. The molecule has 2 aromatic heterocycles. The Labute approximate surface area is 135 Å². The first kappa shape index (κ1) is 14.5. The van der Waals surface area contributed by atoms with Crippen molar-refractivity contribution in [1.82, 2.24) is 9.97 Å². The van der Waals surface area contributed by atoms with Gasteiger partial charge >= 0.3 is 5.97 Å². The van der Waals surface area contributed by atoms with Gasteiger partial charge in [0, 0.05) is 18.0 Å². The summed E-state index contributed by atoms with van der Waals surface area (Å²) in [4.78, 5) is 19.9. The van der Waals surface area contributed by atoms with E-state index in [1.165, 1.54) is 0 Å². The molecule has 0 saturated heterocycles. The van der Waals surface area contributed by atoms with Gasteiger partial charge in [-0.2, -0.15) is 0 Å². The maximum Gasteiger partial charge on any atom is 0.349 e. The smallest absolute Gasteiger partial charge is 0.349 e. The molecule has 0 spiro atoms. The summed E-state index contributed by atoms with van der Waals surface area (Å²) in [6, 6.07) is 10.7. The minimum absolute atomic E-state index is 0.131. The summed E-state index contributed by atoms with van der Waals surface area (Å²) in [5.41, 5.74) is 1.42. The molecular formula is C15H10ClN3O2S. The predicted molar refractivity (Wildman–Crippen MR) is 87.0 cm³/mol. The van der Waals surface area contributed by atoms with Crippen LogP contribution in [0, 0.1) is 0 Å². The molecule has 110 valence electrons. The molecule has 0 aliphatic carbocycles. The Kier molecular flexibility index (Phi) is 4.04. The van der Waals surface area contributed by atoms with Crippen LogP contribution in [-0.2, 0) is 0 Å². The first-order chi connectivity index (χ1) is 10.6. The highest BCUT2D eigenvalue weighted by Gasteiger charge is 2.19. The number of nitrogens with zero attached hydrogens (tertiary/aromatic N) is 2. The summed E-state index contributed by atoms with van der Waals surface area (Å²) in [5, 5.41) is 13.4. The van der Waals surface area contributed by atoms with E-state index in [2.05, 4.69) is 15.3 Å². The van der Waals surface area contributed by atoms with E-state index in [1.54, 1.807) is 42.7 Å². The van der Waals surface area contributed by atoms with Crippen molar-refractivity contribution >= 4 is 40.4 Å². The van der Waals surface area contributed by atoms with E-state index in [9.17, 15) is 9.90 Å². The molecule has 0 aliphatic heterocycles. The van der Waals surface area contributed by atoms with Crippen LogP contribution in [0.2, 0.25) is 5.02 Å². The van der Waals surface area contributed by atoms with E-state index in [4.69, 9.17) is 11.6 Å². The molecular weight excluding hydrogens is 322 g/mol. The summed E-state index contributed by atoms with van der Waals surface area (Å²) in [6.07, 6.45) is 3.27. The van der Waals surface area contributed by atoms with E-state index < -0.39 is 5.97 Å². The molecule has 3 aromatic rings. The van der Waals surface area contributed by atoms with Crippen molar-refractivity contribution in [2.24, 2.45) is 0 Å². The molecule has 0 aliphatic rings. The second kappa shape index (κ2) is 6.13. The van der Waals surface area contributed by atoms with Crippen molar-refractivity contribution < 1.29 is 9.90 Å². The third-order valence-electron chi connectivity index (χ3n) is 2.88. The van der Waals surface area contributed by atoms with Crippen molar-refractivity contribution in [2.75, 3.05) is 5.32 Å². The normalized spacial score (nSPS) is 10.4. The third kappa shape index (κ3) is 2.93. The molecule has 0 saturated carbocycles. The van der Waals surface area contributed by atoms with E-state index in [0.717, 1.165) is 16.9 Å². The molecule has 0 fully saturated rings. The fourth-order valence-electron chi connectivity index (χ4n) is 1.86. The zero-order valence-corrected chi connectivity index (χ0v) is 12.7. The highest BCUT2D eigenvalue weighted by atomic mass is 35.5. The number of halogens is 1. The summed E-state index contributed by atoms with van der Waals surface area (Å²) in [6.45, 7) is 0. The lowest BCUT2D eigenvalue weighted by Crippen LogP contribution is -2.00. The lowest BCUT2D eigenvalue weighted by Gasteiger charge is -2.05. The molecule has 0 atom stereocenters. The van der Waals surface area contributed by atoms with Gasteiger partial charge in [0.15, 0.2) is 10.7 Å². The van der Waals surface area contributed by atoms with Crippen LogP contribution in [0.5, 0.6) is 0 Å². The fraction of sp³-hybridized carbons (Fsp3) is 0. The number of carboxylic acids is 1. The number of carbonyl (C=O) groups is 1. The quantitative estimate of drug-likeness (QED) is 0.745. The number of benzene rings is 1. The molecule has 2 N–H and O–H groups in total. The summed E-state index contributed by atoms with van der Waals surface area (Å²) in [7, 11) is 0. The molecule has 5 nitrogen and oxygen atoms in total. The van der Waals surface area contributed by atoms with Crippen LogP contribution in [0.3, 0.4) is 0 Å². The number of rotatable bonds is 4. The number of anilines is 2. The molecule has 2 heterocycles. The summed E-state index contributed by atoms with van der Waals surface area (Å²) >= 11 is 7.19. The number of aromatic carboxylic acids is 1. The van der Waals surface area contributed by atoms with Gasteiger partial charge in [-0.3, -0.25) is 4.98 Å². The second-order valence-corrected chi connectivity index (χ2v) is 5.75. The largest absolute Gasteiger partial charge is 0.477 e. The van der Waals surface area contributed by atoms with Gasteiger partial charge in [-0.15, -0.1) is 11.3 Å².